The van der Waals surface area contributed by atoms with E-state index in [1.54, 1.807) is 0 Å². The molecular weight excluding hydrogens is 336 g/mol. The second kappa shape index (κ2) is 32.0. The second-order valence-electron chi connectivity index (χ2n) is 2.95. The van der Waals surface area contributed by atoms with Gasteiger partial charge in [0.05, 0.1) is 0 Å². The molecule has 0 aromatic carbocycles. The van der Waals surface area contributed by atoms with Crippen LogP contribution >= 0.6 is 0 Å². The third-order valence-corrected chi connectivity index (χ3v) is 0. The molecule has 0 aromatic rings. The first-order chi connectivity index (χ1) is 10.4. The Balaban J connectivity index is -0.0000000405. The zero-order valence-corrected chi connectivity index (χ0v) is 13.9. The lowest BCUT2D eigenvalue weighted by atomic mass is 10.9. The van der Waals surface area contributed by atoms with Gasteiger partial charge in [-0.2, -0.15) is 0 Å². The molecule has 0 unspecified atom stereocenters. The summed E-state index contributed by atoms with van der Waals surface area (Å²) in [6.45, 7) is 5.83. The Kier molecular flexibility index (Phi) is 49.6. The van der Waals surface area contributed by atoms with Crippen molar-refractivity contribution in [2.75, 3.05) is 0 Å². The lowest BCUT2D eigenvalue weighted by molar-refractivity contribution is -0.303. The number of carboxylic acid groups (broad SMARTS) is 6. The van der Waals surface area contributed by atoms with E-state index < -0.39 is 35.8 Å². The molecule has 0 spiro atoms. The van der Waals surface area contributed by atoms with Gasteiger partial charge in [-0.05, 0) is 41.5 Å². The molecule has 0 radical (unpaired) electrons. The molecule has 0 aliphatic rings. The van der Waals surface area contributed by atoms with Crippen molar-refractivity contribution in [3.05, 3.63) is 0 Å². The summed E-state index contributed by atoms with van der Waals surface area (Å²) >= 11 is 0. The van der Waals surface area contributed by atoms with Gasteiger partial charge in [-0.1, -0.05) is 0 Å². The lowest BCUT2D eigenvalue weighted by Gasteiger charge is -1.77. The molecule has 0 amide bonds. The Morgan fingerprint density at radius 2 is 0.333 bits per heavy atom. The van der Waals surface area contributed by atoms with Crippen molar-refractivity contribution in [3.8, 4) is 0 Å². The number of rotatable bonds is 0. The third-order valence-electron chi connectivity index (χ3n) is 0. The van der Waals surface area contributed by atoms with Crippen LogP contribution in [0.1, 0.15) is 41.5 Å². The van der Waals surface area contributed by atoms with Crippen LogP contribution in [0, 0.1) is 0 Å². The maximum atomic E-state index is 8.89. The Morgan fingerprint density at radius 1 is 0.333 bits per heavy atom. The monoisotopic (exact) mass is 354 g/mol. The van der Waals surface area contributed by atoms with Gasteiger partial charge in [-0.3, -0.25) is 0 Å². The van der Waals surface area contributed by atoms with Crippen LogP contribution in [0.3, 0.4) is 0 Å². The van der Waals surface area contributed by atoms with Crippen LogP contribution in [-0.4, -0.2) is 35.8 Å². The molecule has 0 heterocycles. The average Bonchev–Trinajstić information content (AvgIpc) is 2.08. The van der Waals surface area contributed by atoms with Crippen LogP contribution < -0.4 is 30.6 Å². The van der Waals surface area contributed by atoms with Crippen molar-refractivity contribution in [1.29, 1.82) is 0 Å². The van der Waals surface area contributed by atoms with Gasteiger partial charge in [0.2, 0.25) is 0 Å². The molecule has 0 saturated carbocycles. The van der Waals surface area contributed by atoms with Crippen molar-refractivity contribution < 1.29 is 59.4 Å². The number of hydrogen-bond acceptors (Lipinski definition) is 12. The largest absolute Gasteiger partial charge is 0.550 e. The van der Waals surface area contributed by atoms with Crippen molar-refractivity contribution in [2.24, 2.45) is 0 Å². The minimum atomic E-state index is -1.08. The molecule has 0 saturated heterocycles. The van der Waals surface area contributed by atoms with Crippen molar-refractivity contribution in [3.63, 3.8) is 0 Å². The molecule has 12 heteroatoms. The van der Waals surface area contributed by atoms with Gasteiger partial charge in [-0.15, -0.1) is 0 Å². The topological polar surface area (TPSA) is 241 Å². The first-order valence-electron chi connectivity index (χ1n) is 5.45. The Labute approximate surface area is 138 Å². The summed E-state index contributed by atoms with van der Waals surface area (Å²) in [7, 11) is 0. The summed E-state index contributed by atoms with van der Waals surface area (Å²) in [6, 6.07) is 0. The van der Waals surface area contributed by atoms with Gasteiger partial charge >= 0.3 is 0 Å². The van der Waals surface area contributed by atoms with Gasteiger partial charge in [0.15, 0.2) is 0 Å². The smallest absolute Gasteiger partial charge is 0.0383 e. The Morgan fingerprint density at radius 3 is 0.333 bits per heavy atom. The van der Waals surface area contributed by atoms with Crippen molar-refractivity contribution in [2.45, 2.75) is 41.5 Å². The van der Waals surface area contributed by atoms with Gasteiger partial charge < -0.3 is 59.4 Å². The predicted molar refractivity (Wildman–Crippen MR) is 64.1 cm³/mol. The lowest BCUT2D eigenvalue weighted by Crippen LogP contribution is -2.16. The third kappa shape index (κ3) is 591. The maximum absolute atomic E-state index is 8.89. The second-order valence-corrected chi connectivity index (χ2v) is 2.95. The molecular formula is C12H18O12-6. The molecule has 0 bridgehead atoms. The van der Waals surface area contributed by atoms with E-state index in [2.05, 4.69) is 0 Å². The van der Waals surface area contributed by atoms with Gasteiger partial charge in [0.1, 0.15) is 0 Å². The molecule has 0 N–H and O–H groups in total. The fourth-order valence-corrected chi connectivity index (χ4v) is 0. The van der Waals surface area contributed by atoms with Crippen LogP contribution in [0.2, 0.25) is 0 Å². The summed E-state index contributed by atoms with van der Waals surface area (Å²) in [5.41, 5.74) is 0. The Hall–Kier alpha value is -3.18. The number of hydrogen-bond donors (Lipinski definition) is 0. The first-order valence-corrected chi connectivity index (χ1v) is 5.45. The molecule has 0 aliphatic heterocycles. The van der Waals surface area contributed by atoms with E-state index in [1.165, 1.54) is 0 Å². The van der Waals surface area contributed by atoms with E-state index in [4.69, 9.17) is 59.4 Å². The highest BCUT2D eigenvalue weighted by atomic mass is 16.4. The van der Waals surface area contributed by atoms with Gasteiger partial charge in [0.25, 0.3) is 0 Å². The summed E-state index contributed by atoms with van der Waals surface area (Å²) in [5, 5.41) is 53.3. The summed E-state index contributed by atoms with van der Waals surface area (Å²) < 4.78 is 0. The van der Waals surface area contributed by atoms with Crippen LogP contribution in [0.25, 0.3) is 0 Å². The first kappa shape index (κ1) is 37.2. The van der Waals surface area contributed by atoms with Crippen molar-refractivity contribution >= 4 is 35.8 Å². The molecule has 0 aromatic heterocycles. The minimum absolute atomic E-state index is 0.972. The number of carbonyl (C=O) groups is 6. The van der Waals surface area contributed by atoms with Gasteiger partial charge in [0, 0.05) is 35.8 Å². The fourth-order valence-electron chi connectivity index (χ4n) is 0. The quantitative estimate of drug-likeness (QED) is 0.393. The summed E-state index contributed by atoms with van der Waals surface area (Å²) in [5.74, 6) is -6.50. The van der Waals surface area contributed by atoms with E-state index in [1.807, 2.05) is 0 Å². The molecule has 144 valence electrons. The SMILES string of the molecule is CC(=O)[O-].CC(=O)[O-].CC(=O)[O-].CC(=O)[O-].CC(=O)[O-].CC(=O)[O-]. The number of aliphatic carboxylic acids is 6. The van der Waals surface area contributed by atoms with Crippen LogP contribution in [-0.2, 0) is 28.8 Å². The van der Waals surface area contributed by atoms with Crippen LogP contribution in [0.15, 0.2) is 0 Å². The molecule has 24 heavy (non-hydrogen) atoms. The van der Waals surface area contributed by atoms with E-state index in [9.17, 15) is 0 Å². The highest BCUT2D eigenvalue weighted by Gasteiger charge is 1.48. The van der Waals surface area contributed by atoms with Crippen LogP contribution in [0.4, 0.5) is 0 Å². The number of carboxylic acids is 6. The van der Waals surface area contributed by atoms with E-state index in [0.717, 1.165) is 41.5 Å². The van der Waals surface area contributed by atoms with Crippen LogP contribution in [0.5, 0.6) is 0 Å². The number of carbonyl (C=O) groups excluding carboxylic acids is 6. The van der Waals surface area contributed by atoms with Gasteiger partial charge in [-0.25, -0.2) is 0 Å². The molecule has 0 aliphatic carbocycles. The normalized spacial score (nSPS) is 6.25. The molecule has 0 atom stereocenters. The van der Waals surface area contributed by atoms with E-state index in [0.29, 0.717) is 0 Å². The minimum Gasteiger partial charge on any atom is -0.550 e. The van der Waals surface area contributed by atoms with E-state index in [-0.39, 0.29) is 0 Å². The molecule has 0 rings (SSSR count). The summed E-state index contributed by atoms with van der Waals surface area (Å²) in [4.78, 5) is 53.3. The Bertz CT molecular complexity index is 255. The summed E-state index contributed by atoms with van der Waals surface area (Å²) in [6.07, 6.45) is 0. The van der Waals surface area contributed by atoms with E-state index >= 15 is 0 Å². The fraction of sp³-hybridized carbons (Fsp3) is 0.500. The molecule has 0 fully saturated rings. The van der Waals surface area contributed by atoms with Crippen molar-refractivity contribution in [1.82, 2.24) is 0 Å². The maximum Gasteiger partial charge on any atom is 0.0383 e. The standard InChI is InChI=1S/6C2H4O2/c6*1-2(3)4/h6*1H3,(H,3,4)/p-6. The molecule has 12 nitrogen and oxygen atoms in total. The highest BCUT2D eigenvalue weighted by Crippen LogP contribution is 1.32. The predicted octanol–water partition coefficient (Wildman–Crippen LogP) is -7.46. The zero-order valence-electron chi connectivity index (χ0n) is 13.9. The average molecular weight is 354 g/mol. The zero-order chi connectivity index (χ0) is 21.5. The highest BCUT2D eigenvalue weighted by molar-refractivity contribution is 5.61.